The van der Waals surface area contributed by atoms with Gasteiger partial charge in [0.2, 0.25) is 0 Å². The van der Waals surface area contributed by atoms with Crippen molar-refractivity contribution >= 4 is 39.1 Å². The Morgan fingerprint density at radius 1 is 1.26 bits per heavy atom. The van der Waals surface area contributed by atoms with Crippen molar-refractivity contribution in [2.24, 2.45) is 0 Å². The van der Waals surface area contributed by atoms with E-state index in [4.69, 9.17) is 11.6 Å². The molecule has 0 radical (unpaired) electrons. The van der Waals surface area contributed by atoms with Gasteiger partial charge in [0.05, 0.1) is 23.3 Å². The van der Waals surface area contributed by atoms with Gasteiger partial charge < -0.3 is 10.2 Å². The van der Waals surface area contributed by atoms with E-state index in [0.717, 1.165) is 4.90 Å². The van der Waals surface area contributed by atoms with E-state index in [-0.39, 0.29) is 24.7 Å². The van der Waals surface area contributed by atoms with E-state index in [2.05, 4.69) is 21.2 Å². The van der Waals surface area contributed by atoms with E-state index in [1.807, 2.05) is 0 Å². The van der Waals surface area contributed by atoms with Crippen LogP contribution in [0.25, 0.3) is 0 Å². The highest BCUT2D eigenvalue weighted by atomic mass is 79.9. The first-order valence-corrected chi connectivity index (χ1v) is 8.03. The molecule has 0 spiro atoms. The number of halogens is 4. The molecule has 0 heterocycles. The number of hydrogen-bond donors (Lipinski definition) is 2. The molecule has 2 aromatic rings. The molecule has 0 bridgehead atoms. The molecule has 1 atom stereocenters. The van der Waals surface area contributed by atoms with Crippen LogP contribution < -0.4 is 10.2 Å². The average Bonchev–Trinajstić information content (AvgIpc) is 2.46. The number of amides is 1. The Labute approximate surface area is 146 Å². The van der Waals surface area contributed by atoms with E-state index < -0.39 is 11.6 Å². The average molecular weight is 405 g/mol. The quantitative estimate of drug-likeness (QED) is 0.789. The highest BCUT2D eigenvalue weighted by Crippen LogP contribution is 2.19. The SMILES string of the molecule is C[NH+](CC(=O)Nc1ccc(Br)cc1F)Cc1c(F)cccc1Cl. The Balaban J connectivity index is 1.97. The molecule has 0 aliphatic carbocycles. The first-order chi connectivity index (χ1) is 10.9. The maximum Gasteiger partial charge on any atom is 0.279 e. The van der Waals surface area contributed by atoms with Crippen molar-refractivity contribution in [3.8, 4) is 0 Å². The van der Waals surface area contributed by atoms with E-state index >= 15 is 0 Å². The van der Waals surface area contributed by atoms with Crippen molar-refractivity contribution in [3.63, 3.8) is 0 Å². The number of benzene rings is 2. The number of carbonyl (C=O) groups excluding carboxylic acids is 1. The topological polar surface area (TPSA) is 33.5 Å². The predicted octanol–water partition coefficient (Wildman–Crippen LogP) is 3.03. The van der Waals surface area contributed by atoms with Gasteiger partial charge in [0, 0.05) is 4.47 Å². The summed E-state index contributed by atoms with van der Waals surface area (Å²) in [6, 6.07) is 8.83. The number of quaternary nitrogens is 1. The van der Waals surface area contributed by atoms with Crippen LogP contribution in [0, 0.1) is 11.6 Å². The molecule has 1 unspecified atom stereocenters. The molecule has 0 aromatic heterocycles. The van der Waals surface area contributed by atoms with Crippen molar-refractivity contribution in [1.82, 2.24) is 0 Å². The largest absolute Gasteiger partial charge is 0.326 e. The summed E-state index contributed by atoms with van der Waals surface area (Å²) >= 11 is 9.12. The maximum absolute atomic E-state index is 13.7. The zero-order chi connectivity index (χ0) is 17.0. The lowest BCUT2D eigenvalue weighted by molar-refractivity contribution is -0.885. The van der Waals surface area contributed by atoms with E-state index in [9.17, 15) is 13.6 Å². The summed E-state index contributed by atoms with van der Waals surface area (Å²) in [5, 5.41) is 2.82. The molecule has 0 saturated carbocycles. The Morgan fingerprint density at radius 3 is 2.65 bits per heavy atom. The molecule has 1 amide bonds. The third kappa shape index (κ3) is 4.99. The third-order valence-electron chi connectivity index (χ3n) is 3.21. The van der Waals surface area contributed by atoms with E-state index in [0.29, 0.717) is 15.1 Å². The summed E-state index contributed by atoms with van der Waals surface area (Å²) < 4.78 is 28.0. The second-order valence-electron chi connectivity index (χ2n) is 5.18. The molecule has 122 valence electrons. The fourth-order valence-electron chi connectivity index (χ4n) is 2.12. The minimum atomic E-state index is -0.525. The number of hydrogen-bond acceptors (Lipinski definition) is 1. The minimum absolute atomic E-state index is 0.0557. The van der Waals surface area contributed by atoms with Gasteiger partial charge in [-0.05, 0) is 30.3 Å². The normalized spacial score (nSPS) is 12.0. The number of rotatable bonds is 5. The number of nitrogens with one attached hydrogen (secondary N) is 2. The van der Waals surface area contributed by atoms with Crippen LogP contribution in [0.1, 0.15) is 5.56 Å². The molecule has 0 fully saturated rings. The summed E-state index contributed by atoms with van der Waals surface area (Å²) in [6.45, 7) is 0.307. The van der Waals surface area contributed by atoms with Crippen LogP contribution in [0.15, 0.2) is 40.9 Å². The highest BCUT2D eigenvalue weighted by molar-refractivity contribution is 9.10. The van der Waals surface area contributed by atoms with Crippen LogP contribution in [-0.2, 0) is 11.3 Å². The van der Waals surface area contributed by atoms with Gasteiger partial charge in [0.25, 0.3) is 5.91 Å². The van der Waals surface area contributed by atoms with Gasteiger partial charge in [0.1, 0.15) is 18.2 Å². The van der Waals surface area contributed by atoms with Gasteiger partial charge in [-0.15, -0.1) is 0 Å². The summed E-state index contributed by atoms with van der Waals surface area (Å²) in [5.41, 5.74) is 0.462. The summed E-state index contributed by atoms with van der Waals surface area (Å²) in [4.78, 5) is 12.7. The van der Waals surface area contributed by atoms with Gasteiger partial charge in [-0.2, -0.15) is 0 Å². The Bertz CT molecular complexity index is 707. The van der Waals surface area contributed by atoms with Crippen molar-refractivity contribution in [1.29, 1.82) is 0 Å². The number of anilines is 1. The van der Waals surface area contributed by atoms with Crippen LogP contribution in [0.3, 0.4) is 0 Å². The van der Waals surface area contributed by atoms with Gasteiger partial charge in [-0.3, -0.25) is 4.79 Å². The van der Waals surface area contributed by atoms with Crippen molar-refractivity contribution in [2.45, 2.75) is 6.54 Å². The summed E-state index contributed by atoms with van der Waals surface area (Å²) in [5.74, 6) is -1.30. The van der Waals surface area contributed by atoms with Crippen LogP contribution in [0.2, 0.25) is 5.02 Å². The van der Waals surface area contributed by atoms with Crippen molar-refractivity contribution in [2.75, 3.05) is 18.9 Å². The fraction of sp³-hybridized carbons (Fsp3) is 0.188. The standard InChI is InChI=1S/C16H14BrClF2N2O/c1-22(8-11-12(18)3-2-4-13(11)19)9-16(23)21-15-6-5-10(17)7-14(15)20/h2-7H,8-9H2,1H3,(H,21,23)/p+1. The van der Waals surface area contributed by atoms with Gasteiger partial charge in [-0.25, -0.2) is 8.78 Å². The Morgan fingerprint density at radius 2 is 2.00 bits per heavy atom. The lowest BCUT2D eigenvalue weighted by atomic mass is 10.2. The first kappa shape index (κ1) is 17.8. The van der Waals surface area contributed by atoms with Crippen LogP contribution in [0.5, 0.6) is 0 Å². The maximum atomic E-state index is 13.7. The molecule has 2 aromatic carbocycles. The molecule has 23 heavy (non-hydrogen) atoms. The summed E-state index contributed by atoms with van der Waals surface area (Å²) in [7, 11) is 1.74. The zero-order valence-corrected chi connectivity index (χ0v) is 14.6. The molecule has 0 saturated heterocycles. The summed E-state index contributed by atoms with van der Waals surface area (Å²) in [6.07, 6.45) is 0. The predicted molar refractivity (Wildman–Crippen MR) is 89.6 cm³/mol. The first-order valence-electron chi connectivity index (χ1n) is 6.86. The van der Waals surface area contributed by atoms with Gasteiger partial charge in [-0.1, -0.05) is 33.6 Å². The van der Waals surface area contributed by atoms with Crippen LogP contribution in [0.4, 0.5) is 14.5 Å². The number of carbonyl (C=O) groups is 1. The fourth-order valence-corrected chi connectivity index (χ4v) is 2.69. The van der Waals surface area contributed by atoms with E-state index in [1.54, 1.807) is 19.2 Å². The highest BCUT2D eigenvalue weighted by Gasteiger charge is 2.16. The molecule has 7 heteroatoms. The molecule has 3 nitrogen and oxygen atoms in total. The monoisotopic (exact) mass is 403 g/mol. The van der Waals surface area contributed by atoms with Crippen LogP contribution in [-0.4, -0.2) is 19.5 Å². The minimum Gasteiger partial charge on any atom is -0.326 e. The van der Waals surface area contributed by atoms with Gasteiger partial charge in [0.15, 0.2) is 6.54 Å². The zero-order valence-electron chi connectivity index (χ0n) is 12.3. The Hall–Kier alpha value is -1.50. The molecule has 0 aliphatic heterocycles. The van der Waals surface area contributed by atoms with Crippen molar-refractivity contribution < 1.29 is 18.5 Å². The lowest BCUT2D eigenvalue weighted by Crippen LogP contribution is -3.08. The second-order valence-corrected chi connectivity index (χ2v) is 6.51. The molecule has 2 rings (SSSR count). The smallest absolute Gasteiger partial charge is 0.279 e. The third-order valence-corrected chi connectivity index (χ3v) is 4.06. The van der Waals surface area contributed by atoms with Crippen molar-refractivity contribution in [3.05, 3.63) is 63.1 Å². The lowest BCUT2D eigenvalue weighted by Gasteiger charge is -2.15. The molecular formula is C16H15BrClF2N2O+. The molecular weight excluding hydrogens is 390 g/mol. The van der Waals surface area contributed by atoms with Crippen LogP contribution >= 0.6 is 27.5 Å². The Kier molecular flexibility index (Phi) is 6.10. The van der Waals surface area contributed by atoms with Gasteiger partial charge >= 0.3 is 0 Å². The molecule has 0 aliphatic rings. The number of likely N-dealkylation sites (N-methyl/N-ethyl adjacent to an activating group) is 1. The van der Waals surface area contributed by atoms with E-state index in [1.165, 1.54) is 24.3 Å². The second kappa shape index (κ2) is 7.86. The molecule has 2 N–H and O–H groups in total.